The number of carbonyl (C=O) groups is 2. The predicted octanol–water partition coefficient (Wildman–Crippen LogP) is 3.84. The van der Waals surface area contributed by atoms with Crippen molar-refractivity contribution in [2.24, 2.45) is 0 Å². The quantitative estimate of drug-likeness (QED) is 0.720. The minimum absolute atomic E-state index is 0.0651. The molecule has 0 aliphatic carbocycles. The summed E-state index contributed by atoms with van der Waals surface area (Å²) < 4.78 is 18.5. The first-order chi connectivity index (χ1) is 13.0. The first-order valence-corrected chi connectivity index (χ1v) is 8.92. The number of carbonyl (C=O) groups excluding carboxylic acids is 2. The van der Waals surface area contributed by atoms with Gasteiger partial charge in [0.15, 0.2) is 6.61 Å². The SMILES string of the molecule is Cc1nc(C(=O)Nc2ccc3c(c2)OCC(=O)N3)c(-c2ccc(F)cc2)s1. The van der Waals surface area contributed by atoms with Gasteiger partial charge in [0.1, 0.15) is 17.3 Å². The number of anilines is 2. The van der Waals surface area contributed by atoms with Crippen LogP contribution in [0.4, 0.5) is 15.8 Å². The van der Waals surface area contributed by atoms with Gasteiger partial charge in [-0.2, -0.15) is 0 Å². The lowest BCUT2D eigenvalue weighted by Crippen LogP contribution is -2.25. The lowest BCUT2D eigenvalue weighted by Gasteiger charge is -2.18. The smallest absolute Gasteiger partial charge is 0.275 e. The predicted molar refractivity (Wildman–Crippen MR) is 101 cm³/mol. The van der Waals surface area contributed by atoms with E-state index in [9.17, 15) is 14.0 Å². The fourth-order valence-electron chi connectivity index (χ4n) is 2.72. The van der Waals surface area contributed by atoms with Crippen molar-refractivity contribution in [3.63, 3.8) is 0 Å². The van der Waals surface area contributed by atoms with Crippen molar-refractivity contribution in [2.45, 2.75) is 6.92 Å². The molecule has 0 saturated carbocycles. The van der Waals surface area contributed by atoms with E-state index in [2.05, 4.69) is 15.6 Å². The second-order valence-corrected chi connectivity index (χ2v) is 7.12. The lowest BCUT2D eigenvalue weighted by atomic mass is 10.1. The van der Waals surface area contributed by atoms with Gasteiger partial charge in [0.2, 0.25) is 0 Å². The minimum atomic E-state index is -0.376. The van der Waals surface area contributed by atoms with Crippen LogP contribution in [0.15, 0.2) is 42.5 Å². The maximum absolute atomic E-state index is 13.2. The molecular formula is C19H14FN3O3S. The van der Waals surface area contributed by atoms with Crippen LogP contribution in [0, 0.1) is 12.7 Å². The third kappa shape index (κ3) is 3.52. The Hall–Kier alpha value is -3.26. The number of thiazole rings is 1. The molecule has 0 bridgehead atoms. The van der Waals surface area contributed by atoms with Crippen LogP contribution in [0.5, 0.6) is 5.75 Å². The molecule has 1 aliphatic heterocycles. The molecule has 2 amide bonds. The monoisotopic (exact) mass is 383 g/mol. The summed E-state index contributed by atoms with van der Waals surface area (Å²) >= 11 is 1.37. The van der Waals surface area contributed by atoms with E-state index in [-0.39, 0.29) is 29.9 Å². The summed E-state index contributed by atoms with van der Waals surface area (Å²) in [5.74, 6) is -0.451. The van der Waals surface area contributed by atoms with E-state index in [0.29, 0.717) is 22.0 Å². The van der Waals surface area contributed by atoms with Gasteiger partial charge in [-0.25, -0.2) is 9.37 Å². The molecule has 1 aromatic heterocycles. The van der Waals surface area contributed by atoms with Crippen molar-refractivity contribution in [1.29, 1.82) is 0 Å². The van der Waals surface area contributed by atoms with E-state index in [1.165, 1.54) is 23.5 Å². The topological polar surface area (TPSA) is 80.3 Å². The maximum atomic E-state index is 13.2. The summed E-state index contributed by atoms with van der Waals surface area (Å²) in [6.07, 6.45) is 0. The van der Waals surface area contributed by atoms with Crippen molar-refractivity contribution in [3.05, 3.63) is 59.0 Å². The highest BCUT2D eigenvalue weighted by Crippen LogP contribution is 2.33. The van der Waals surface area contributed by atoms with E-state index in [1.54, 1.807) is 30.3 Å². The molecule has 0 radical (unpaired) electrons. The molecule has 8 heteroatoms. The van der Waals surface area contributed by atoms with Crippen LogP contribution >= 0.6 is 11.3 Å². The molecule has 0 fully saturated rings. The molecule has 6 nitrogen and oxygen atoms in total. The van der Waals surface area contributed by atoms with Crippen molar-refractivity contribution in [1.82, 2.24) is 4.98 Å². The molecule has 0 unspecified atom stereocenters. The van der Waals surface area contributed by atoms with Crippen LogP contribution in [0.3, 0.4) is 0 Å². The Kier molecular flexibility index (Phi) is 4.33. The first kappa shape index (κ1) is 17.2. The molecule has 3 aromatic rings. The standard InChI is InChI=1S/C19H14FN3O3S/c1-10-21-17(18(27-10)11-2-4-12(20)5-3-11)19(25)22-13-6-7-14-15(8-13)26-9-16(24)23-14/h2-8H,9H2,1H3,(H,22,25)(H,23,24). The van der Waals surface area contributed by atoms with Crippen molar-refractivity contribution < 1.29 is 18.7 Å². The Morgan fingerprint density at radius 1 is 1.26 bits per heavy atom. The molecule has 0 atom stereocenters. The Bertz CT molecular complexity index is 1050. The minimum Gasteiger partial charge on any atom is -0.482 e. The van der Waals surface area contributed by atoms with Crippen molar-refractivity contribution in [2.75, 3.05) is 17.2 Å². The molecule has 1 aliphatic rings. The van der Waals surface area contributed by atoms with Crippen LogP contribution in [-0.2, 0) is 4.79 Å². The molecular weight excluding hydrogens is 369 g/mol. The van der Waals surface area contributed by atoms with Crippen LogP contribution in [0.25, 0.3) is 10.4 Å². The van der Waals surface area contributed by atoms with Gasteiger partial charge in [-0.15, -0.1) is 11.3 Å². The average molecular weight is 383 g/mol. The van der Waals surface area contributed by atoms with Gasteiger partial charge in [0.25, 0.3) is 11.8 Å². The summed E-state index contributed by atoms with van der Waals surface area (Å²) in [5, 5.41) is 6.22. The average Bonchev–Trinajstić information content (AvgIpc) is 3.04. The number of hydrogen-bond acceptors (Lipinski definition) is 5. The summed E-state index contributed by atoms with van der Waals surface area (Å²) in [6, 6.07) is 10.9. The summed E-state index contributed by atoms with van der Waals surface area (Å²) in [6.45, 7) is 1.74. The van der Waals surface area contributed by atoms with Gasteiger partial charge >= 0.3 is 0 Å². The Labute approximate surface area is 158 Å². The highest BCUT2D eigenvalue weighted by Gasteiger charge is 2.20. The van der Waals surface area contributed by atoms with Crippen molar-refractivity contribution in [3.8, 4) is 16.2 Å². The molecule has 4 rings (SSSR count). The van der Waals surface area contributed by atoms with Gasteiger partial charge in [0, 0.05) is 11.8 Å². The van der Waals surface area contributed by atoms with Gasteiger partial charge in [0.05, 0.1) is 15.6 Å². The fraction of sp³-hybridized carbons (Fsp3) is 0.105. The highest BCUT2D eigenvalue weighted by molar-refractivity contribution is 7.15. The molecule has 2 N–H and O–H groups in total. The van der Waals surface area contributed by atoms with E-state index >= 15 is 0 Å². The molecule has 2 aromatic carbocycles. The van der Waals surface area contributed by atoms with Crippen LogP contribution in [-0.4, -0.2) is 23.4 Å². The molecule has 136 valence electrons. The van der Waals surface area contributed by atoms with E-state index in [0.717, 1.165) is 10.6 Å². The van der Waals surface area contributed by atoms with Crippen LogP contribution in [0.2, 0.25) is 0 Å². The zero-order valence-electron chi connectivity index (χ0n) is 14.2. The number of nitrogens with zero attached hydrogens (tertiary/aromatic N) is 1. The molecule has 2 heterocycles. The zero-order chi connectivity index (χ0) is 19.0. The second kappa shape index (κ2) is 6.81. The number of fused-ring (bicyclic) bond motifs is 1. The van der Waals surface area contributed by atoms with Gasteiger partial charge in [-0.1, -0.05) is 12.1 Å². The fourth-order valence-corrected chi connectivity index (χ4v) is 3.64. The Morgan fingerprint density at radius 2 is 2.04 bits per heavy atom. The number of aromatic nitrogens is 1. The van der Waals surface area contributed by atoms with E-state index in [4.69, 9.17) is 4.74 Å². The Morgan fingerprint density at radius 3 is 2.81 bits per heavy atom. The second-order valence-electron chi connectivity index (χ2n) is 5.92. The van der Waals surface area contributed by atoms with Gasteiger partial charge in [-0.05, 0) is 36.8 Å². The van der Waals surface area contributed by atoms with Gasteiger partial charge < -0.3 is 15.4 Å². The van der Waals surface area contributed by atoms with Crippen molar-refractivity contribution >= 4 is 34.5 Å². The van der Waals surface area contributed by atoms with E-state index < -0.39 is 0 Å². The summed E-state index contributed by atoms with van der Waals surface area (Å²) in [4.78, 5) is 29.1. The number of halogens is 1. The number of rotatable bonds is 3. The molecule has 0 spiro atoms. The maximum Gasteiger partial charge on any atom is 0.275 e. The molecule has 0 saturated heterocycles. The first-order valence-electron chi connectivity index (χ1n) is 8.11. The van der Waals surface area contributed by atoms with E-state index in [1.807, 2.05) is 6.92 Å². The number of nitrogens with one attached hydrogen (secondary N) is 2. The van der Waals surface area contributed by atoms with Crippen LogP contribution < -0.4 is 15.4 Å². The number of ether oxygens (including phenoxy) is 1. The largest absolute Gasteiger partial charge is 0.482 e. The summed E-state index contributed by atoms with van der Waals surface area (Å²) in [7, 11) is 0. The third-order valence-electron chi connectivity index (χ3n) is 3.93. The number of hydrogen-bond donors (Lipinski definition) is 2. The number of amides is 2. The van der Waals surface area contributed by atoms with Crippen LogP contribution in [0.1, 0.15) is 15.5 Å². The number of aryl methyl sites for hydroxylation is 1. The normalized spacial score (nSPS) is 12.7. The zero-order valence-corrected chi connectivity index (χ0v) is 15.0. The third-order valence-corrected chi connectivity index (χ3v) is 4.95. The molecule has 27 heavy (non-hydrogen) atoms. The summed E-state index contributed by atoms with van der Waals surface area (Å²) in [5.41, 5.74) is 2.08. The Balaban J connectivity index is 1.61. The lowest BCUT2D eigenvalue weighted by molar-refractivity contribution is -0.118. The van der Waals surface area contributed by atoms with Gasteiger partial charge in [-0.3, -0.25) is 9.59 Å². The number of benzene rings is 2. The highest BCUT2D eigenvalue weighted by atomic mass is 32.1.